The third-order valence-corrected chi connectivity index (χ3v) is 4.90. The van der Waals surface area contributed by atoms with E-state index in [0.717, 1.165) is 58.4 Å². The summed E-state index contributed by atoms with van der Waals surface area (Å²) in [6.45, 7) is 18.4. The van der Waals surface area contributed by atoms with Crippen LogP contribution >= 0.6 is 24.0 Å². The highest BCUT2D eigenvalue weighted by molar-refractivity contribution is 14.0. The molecule has 0 aromatic rings. The van der Waals surface area contributed by atoms with Crippen LogP contribution in [0.25, 0.3) is 0 Å². The van der Waals surface area contributed by atoms with Crippen molar-refractivity contribution in [1.82, 2.24) is 20.4 Å². The minimum Gasteiger partial charge on any atom is -0.379 e. The van der Waals surface area contributed by atoms with Crippen molar-refractivity contribution in [1.29, 1.82) is 0 Å². The molecule has 2 unspecified atom stereocenters. The summed E-state index contributed by atoms with van der Waals surface area (Å²) in [6.07, 6.45) is 2.39. The number of guanidine groups is 1. The molecule has 2 atom stereocenters. The zero-order valence-corrected chi connectivity index (χ0v) is 19.9. The Morgan fingerprint density at radius 2 is 1.85 bits per heavy atom. The van der Waals surface area contributed by atoms with Crippen LogP contribution in [0.2, 0.25) is 0 Å². The average Bonchev–Trinajstić information content (AvgIpc) is 2.63. The van der Waals surface area contributed by atoms with Crippen molar-refractivity contribution < 1.29 is 4.74 Å². The molecular weight excluding hydrogens is 441 g/mol. The maximum Gasteiger partial charge on any atom is 0.191 e. The lowest BCUT2D eigenvalue weighted by Crippen LogP contribution is -2.46. The van der Waals surface area contributed by atoms with Crippen LogP contribution in [0, 0.1) is 5.92 Å². The Labute approximate surface area is 178 Å². The molecule has 0 aromatic carbocycles. The van der Waals surface area contributed by atoms with Crippen molar-refractivity contribution in [2.75, 3.05) is 66.1 Å². The van der Waals surface area contributed by atoms with Crippen molar-refractivity contribution in [3.8, 4) is 0 Å². The first-order valence-electron chi connectivity index (χ1n) is 10.1. The summed E-state index contributed by atoms with van der Waals surface area (Å²) in [4.78, 5) is 9.34. The molecule has 1 fully saturated rings. The largest absolute Gasteiger partial charge is 0.379 e. The van der Waals surface area contributed by atoms with Gasteiger partial charge >= 0.3 is 0 Å². The van der Waals surface area contributed by atoms with E-state index < -0.39 is 0 Å². The number of halogens is 1. The maximum atomic E-state index is 5.41. The predicted octanol–water partition coefficient (Wildman–Crippen LogP) is 2.25. The van der Waals surface area contributed by atoms with Crippen molar-refractivity contribution >= 4 is 29.9 Å². The van der Waals surface area contributed by atoms with E-state index in [1.807, 2.05) is 7.05 Å². The average molecular weight is 483 g/mol. The third-order valence-electron chi connectivity index (χ3n) is 4.90. The molecule has 1 heterocycles. The molecule has 0 amide bonds. The second kappa shape index (κ2) is 15.9. The molecule has 0 bridgehead atoms. The molecule has 2 N–H and O–H groups in total. The number of nitrogens with one attached hydrogen (secondary N) is 2. The van der Waals surface area contributed by atoms with Gasteiger partial charge in [0.25, 0.3) is 0 Å². The van der Waals surface area contributed by atoms with Gasteiger partial charge in [-0.05, 0) is 45.3 Å². The van der Waals surface area contributed by atoms with Gasteiger partial charge in [-0.3, -0.25) is 9.89 Å². The molecule has 1 aliphatic heterocycles. The summed E-state index contributed by atoms with van der Waals surface area (Å²) in [5, 5.41) is 7.00. The van der Waals surface area contributed by atoms with Crippen LogP contribution in [-0.2, 0) is 4.74 Å². The molecule has 26 heavy (non-hydrogen) atoms. The minimum atomic E-state index is 0. The Kier molecular flexibility index (Phi) is 15.8. The lowest BCUT2D eigenvalue weighted by Gasteiger charge is -2.29. The molecule has 0 aliphatic carbocycles. The number of morpholine rings is 1. The number of ether oxygens (including phenoxy) is 1. The zero-order valence-electron chi connectivity index (χ0n) is 17.6. The summed E-state index contributed by atoms with van der Waals surface area (Å²) in [5.74, 6) is 1.51. The van der Waals surface area contributed by atoms with Gasteiger partial charge in [0, 0.05) is 39.3 Å². The van der Waals surface area contributed by atoms with E-state index in [-0.39, 0.29) is 24.0 Å². The SMILES string of the molecule is CCN(CC)CCCC(C)NC(=NC)NCC(C)CN1CCOCC1.I. The molecule has 1 rings (SSSR count). The van der Waals surface area contributed by atoms with Crippen LogP contribution in [0.15, 0.2) is 4.99 Å². The van der Waals surface area contributed by atoms with E-state index in [4.69, 9.17) is 4.74 Å². The van der Waals surface area contributed by atoms with Gasteiger partial charge in [-0.25, -0.2) is 0 Å². The summed E-state index contributed by atoms with van der Waals surface area (Å²) in [7, 11) is 1.85. The van der Waals surface area contributed by atoms with Gasteiger partial charge in [-0.2, -0.15) is 0 Å². The Hall–Kier alpha value is -0.120. The highest BCUT2D eigenvalue weighted by atomic mass is 127. The third kappa shape index (κ3) is 11.6. The highest BCUT2D eigenvalue weighted by Crippen LogP contribution is 2.03. The van der Waals surface area contributed by atoms with Crippen LogP contribution < -0.4 is 10.6 Å². The molecule has 1 saturated heterocycles. The lowest BCUT2D eigenvalue weighted by molar-refractivity contribution is 0.0320. The van der Waals surface area contributed by atoms with E-state index in [2.05, 4.69) is 53.1 Å². The first kappa shape index (κ1) is 25.9. The number of aliphatic imine (C=N–C) groups is 1. The van der Waals surface area contributed by atoms with Crippen LogP contribution in [0.1, 0.15) is 40.5 Å². The molecule has 0 spiro atoms. The van der Waals surface area contributed by atoms with E-state index >= 15 is 0 Å². The lowest BCUT2D eigenvalue weighted by atomic mass is 10.1. The van der Waals surface area contributed by atoms with Gasteiger partial charge in [0.15, 0.2) is 5.96 Å². The summed E-state index contributed by atoms with van der Waals surface area (Å²) >= 11 is 0. The first-order valence-corrected chi connectivity index (χ1v) is 10.1. The van der Waals surface area contributed by atoms with Gasteiger partial charge in [-0.1, -0.05) is 20.8 Å². The zero-order chi connectivity index (χ0) is 18.5. The van der Waals surface area contributed by atoms with Crippen LogP contribution in [0.4, 0.5) is 0 Å². The summed E-state index contributed by atoms with van der Waals surface area (Å²) in [6, 6.07) is 0.441. The summed E-state index contributed by atoms with van der Waals surface area (Å²) in [5.41, 5.74) is 0. The van der Waals surface area contributed by atoms with Gasteiger partial charge in [0.2, 0.25) is 0 Å². The van der Waals surface area contributed by atoms with Crippen LogP contribution in [0.5, 0.6) is 0 Å². The van der Waals surface area contributed by atoms with Gasteiger partial charge < -0.3 is 20.3 Å². The highest BCUT2D eigenvalue weighted by Gasteiger charge is 2.14. The fraction of sp³-hybridized carbons (Fsp3) is 0.947. The van der Waals surface area contributed by atoms with Gasteiger partial charge in [-0.15, -0.1) is 24.0 Å². The Morgan fingerprint density at radius 1 is 1.19 bits per heavy atom. The molecule has 6 nitrogen and oxygen atoms in total. The molecule has 0 aromatic heterocycles. The second-order valence-electron chi connectivity index (χ2n) is 7.19. The van der Waals surface area contributed by atoms with Crippen molar-refractivity contribution in [3.05, 3.63) is 0 Å². The number of rotatable bonds is 11. The first-order chi connectivity index (χ1) is 12.1. The molecule has 7 heteroatoms. The normalized spacial score (nSPS) is 18.3. The number of hydrogen-bond donors (Lipinski definition) is 2. The predicted molar refractivity (Wildman–Crippen MR) is 123 cm³/mol. The molecule has 156 valence electrons. The topological polar surface area (TPSA) is 52.1 Å². The van der Waals surface area contributed by atoms with Gasteiger partial charge in [0.1, 0.15) is 0 Å². The maximum absolute atomic E-state index is 5.41. The standard InChI is InChI=1S/C19H41N5O.HI/c1-6-23(7-2)10-8-9-18(4)22-19(20-5)21-15-17(3)16-24-11-13-25-14-12-24;/h17-18H,6-16H2,1-5H3,(H2,20,21,22);1H. The van der Waals surface area contributed by atoms with E-state index in [1.165, 1.54) is 19.4 Å². The second-order valence-corrected chi connectivity index (χ2v) is 7.19. The molecular formula is C19H42IN5O. The van der Waals surface area contributed by atoms with E-state index in [1.54, 1.807) is 0 Å². The minimum absolute atomic E-state index is 0. The van der Waals surface area contributed by atoms with E-state index in [9.17, 15) is 0 Å². The fourth-order valence-electron chi connectivity index (χ4n) is 3.22. The molecule has 1 aliphatic rings. The monoisotopic (exact) mass is 483 g/mol. The molecule has 0 radical (unpaired) electrons. The smallest absolute Gasteiger partial charge is 0.191 e. The number of hydrogen-bond acceptors (Lipinski definition) is 4. The Bertz CT molecular complexity index is 360. The number of nitrogens with zero attached hydrogens (tertiary/aromatic N) is 3. The van der Waals surface area contributed by atoms with Crippen molar-refractivity contribution in [2.45, 2.75) is 46.6 Å². The molecule has 0 saturated carbocycles. The Morgan fingerprint density at radius 3 is 2.42 bits per heavy atom. The van der Waals surface area contributed by atoms with Crippen LogP contribution in [-0.4, -0.2) is 87.9 Å². The quantitative estimate of drug-likeness (QED) is 0.268. The van der Waals surface area contributed by atoms with Crippen LogP contribution in [0.3, 0.4) is 0 Å². The summed E-state index contributed by atoms with van der Waals surface area (Å²) < 4.78 is 5.41. The fourth-order valence-corrected chi connectivity index (χ4v) is 3.22. The van der Waals surface area contributed by atoms with E-state index in [0.29, 0.717) is 12.0 Å². The van der Waals surface area contributed by atoms with Crippen molar-refractivity contribution in [3.63, 3.8) is 0 Å². The van der Waals surface area contributed by atoms with Crippen molar-refractivity contribution in [2.24, 2.45) is 10.9 Å². The van der Waals surface area contributed by atoms with Gasteiger partial charge in [0.05, 0.1) is 13.2 Å². The Balaban J connectivity index is 0.00000625.